The van der Waals surface area contributed by atoms with Crippen LogP contribution in [0.1, 0.15) is 18.0 Å². The largest absolute Gasteiger partial charge is 0.405 e. The Kier molecular flexibility index (Phi) is 3.41. The van der Waals surface area contributed by atoms with Gasteiger partial charge in [-0.2, -0.15) is 13.2 Å². The van der Waals surface area contributed by atoms with E-state index >= 15 is 0 Å². The van der Waals surface area contributed by atoms with E-state index in [9.17, 15) is 13.2 Å². The van der Waals surface area contributed by atoms with Crippen LogP contribution in [0.4, 0.5) is 13.2 Å². The van der Waals surface area contributed by atoms with Gasteiger partial charge in [0.2, 0.25) is 0 Å². The lowest BCUT2D eigenvalue weighted by Gasteiger charge is -2.23. The smallest absolute Gasteiger partial charge is 0.367 e. The normalized spacial score (nSPS) is 29.8. The molecule has 1 fully saturated rings. The maximum Gasteiger partial charge on any atom is 0.405 e. The highest BCUT2D eigenvalue weighted by Gasteiger charge is 2.51. The van der Waals surface area contributed by atoms with E-state index in [1.165, 1.54) is 0 Å². The van der Waals surface area contributed by atoms with Crippen LogP contribution in [0.2, 0.25) is 0 Å². The fourth-order valence-corrected chi connectivity index (χ4v) is 2.30. The van der Waals surface area contributed by atoms with Gasteiger partial charge in [0, 0.05) is 18.3 Å². The second-order valence-electron chi connectivity index (χ2n) is 4.17. The molecule has 0 aliphatic carbocycles. The maximum atomic E-state index is 12.8. The van der Waals surface area contributed by atoms with Gasteiger partial charge < -0.3 is 10.7 Å². The van der Waals surface area contributed by atoms with Gasteiger partial charge in [-0.15, -0.1) is 0 Å². The van der Waals surface area contributed by atoms with Gasteiger partial charge in [-0.1, -0.05) is 0 Å². The van der Waals surface area contributed by atoms with Crippen LogP contribution in [0.3, 0.4) is 0 Å². The van der Waals surface area contributed by atoms with Gasteiger partial charge in [0.25, 0.3) is 0 Å². The van der Waals surface area contributed by atoms with Crippen molar-refractivity contribution in [3.05, 3.63) is 24.0 Å². The highest BCUT2D eigenvalue weighted by molar-refractivity contribution is 5.18. The van der Waals surface area contributed by atoms with E-state index in [2.05, 4.69) is 15.8 Å². The van der Waals surface area contributed by atoms with Crippen LogP contribution >= 0.6 is 0 Å². The molecule has 0 amide bonds. The van der Waals surface area contributed by atoms with E-state index in [1.54, 1.807) is 18.5 Å². The van der Waals surface area contributed by atoms with E-state index in [1.807, 2.05) is 0 Å². The number of nitrogens with one attached hydrogen (secondary N) is 3. The molecule has 2 rings (SSSR count). The van der Waals surface area contributed by atoms with Crippen molar-refractivity contribution in [1.29, 1.82) is 0 Å². The molecule has 3 atom stereocenters. The predicted molar refractivity (Wildman–Crippen MR) is 56.8 cm³/mol. The van der Waals surface area contributed by atoms with Gasteiger partial charge in [-0.25, -0.2) is 10.9 Å². The third kappa shape index (κ3) is 2.46. The summed E-state index contributed by atoms with van der Waals surface area (Å²) in [5.41, 5.74) is 11.2. The van der Waals surface area contributed by atoms with E-state index in [0.29, 0.717) is 6.42 Å². The molecule has 17 heavy (non-hydrogen) atoms. The summed E-state index contributed by atoms with van der Waals surface area (Å²) in [6.45, 7) is 0.238. The Hall–Kier alpha value is -1.05. The third-order valence-electron chi connectivity index (χ3n) is 3.08. The van der Waals surface area contributed by atoms with Crippen LogP contribution in [0.25, 0.3) is 0 Å². The summed E-state index contributed by atoms with van der Waals surface area (Å²) in [6.07, 6.45) is -0.559. The van der Waals surface area contributed by atoms with E-state index in [4.69, 9.17) is 5.73 Å². The SMILES string of the molecule is NCCC1C(c2cc[nH]c2)NNC1C(F)(F)F. The molecule has 1 aromatic rings. The average molecular weight is 248 g/mol. The summed E-state index contributed by atoms with van der Waals surface area (Å²) in [7, 11) is 0. The van der Waals surface area contributed by atoms with Gasteiger partial charge in [-0.05, 0) is 24.6 Å². The fraction of sp³-hybridized carbons (Fsp3) is 0.600. The highest BCUT2D eigenvalue weighted by atomic mass is 19.4. The average Bonchev–Trinajstić information content (AvgIpc) is 2.82. The van der Waals surface area contributed by atoms with Gasteiger partial charge in [0.05, 0.1) is 6.04 Å². The molecule has 96 valence electrons. The number of aromatic amines is 1. The molecule has 0 saturated carbocycles. The van der Waals surface area contributed by atoms with Crippen LogP contribution in [-0.2, 0) is 0 Å². The topological polar surface area (TPSA) is 65.9 Å². The Morgan fingerprint density at radius 2 is 2.06 bits per heavy atom. The Labute approximate surface area is 96.7 Å². The number of aromatic nitrogens is 1. The van der Waals surface area contributed by atoms with Gasteiger partial charge >= 0.3 is 6.18 Å². The van der Waals surface area contributed by atoms with Crippen LogP contribution in [-0.4, -0.2) is 23.7 Å². The molecule has 4 nitrogen and oxygen atoms in total. The Bertz CT molecular complexity index is 349. The first-order chi connectivity index (χ1) is 8.04. The monoisotopic (exact) mass is 248 g/mol. The zero-order valence-electron chi connectivity index (χ0n) is 9.09. The van der Waals surface area contributed by atoms with Crippen LogP contribution in [0, 0.1) is 5.92 Å². The van der Waals surface area contributed by atoms with Crippen molar-refractivity contribution in [2.45, 2.75) is 24.7 Å². The molecular weight excluding hydrogens is 233 g/mol. The molecule has 1 aliphatic rings. The maximum absolute atomic E-state index is 12.8. The first-order valence-electron chi connectivity index (χ1n) is 5.44. The Balaban J connectivity index is 2.19. The van der Waals surface area contributed by atoms with Crippen molar-refractivity contribution in [3.63, 3.8) is 0 Å². The molecule has 1 aromatic heterocycles. The molecule has 5 N–H and O–H groups in total. The molecule has 0 radical (unpaired) electrons. The molecule has 3 unspecified atom stereocenters. The lowest BCUT2D eigenvalue weighted by Crippen LogP contribution is -2.44. The van der Waals surface area contributed by atoms with Crippen LogP contribution in [0.5, 0.6) is 0 Å². The molecule has 2 heterocycles. The van der Waals surface area contributed by atoms with E-state index in [-0.39, 0.29) is 12.6 Å². The number of nitrogens with two attached hydrogens (primary N) is 1. The van der Waals surface area contributed by atoms with Crippen LogP contribution in [0.15, 0.2) is 18.5 Å². The van der Waals surface area contributed by atoms with Gasteiger partial charge in [0.15, 0.2) is 0 Å². The summed E-state index contributed by atoms with van der Waals surface area (Å²) in [4.78, 5) is 2.84. The fourth-order valence-electron chi connectivity index (χ4n) is 2.30. The molecule has 0 bridgehead atoms. The van der Waals surface area contributed by atoms with Gasteiger partial charge in [-0.3, -0.25) is 0 Å². The van der Waals surface area contributed by atoms with Crippen LogP contribution < -0.4 is 16.6 Å². The highest BCUT2D eigenvalue weighted by Crippen LogP contribution is 2.38. The molecule has 0 spiro atoms. The van der Waals surface area contributed by atoms with E-state index in [0.717, 1.165) is 5.56 Å². The van der Waals surface area contributed by atoms with Crippen molar-refractivity contribution in [3.8, 4) is 0 Å². The molecule has 1 saturated heterocycles. The van der Waals surface area contributed by atoms with Gasteiger partial charge in [0.1, 0.15) is 6.04 Å². The number of hydrazine groups is 1. The minimum Gasteiger partial charge on any atom is -0.367 e. The second kappa shape index (κ2) is 4.67. The lowest BCUT2D eigenvalue weighted by atomic mass is 9.87. The third-order valence-corrected chi connectivity index (χ3v) is 3.08. The summed E-state index contributed by atoms with van der Waals surface area (Å²) in [6, 6.07) is -0.149. The standard InChI is InChI=1S/C10H15F3N4/c11-10(12,13)9-7(1-3-14)8(16-17-9)6-2-4-15-5-6/h2,4-5,7-9,15-17H,1,3,14H2. The molecular formula is C10H15F3N4. The first-order valence-corrected chi connectivity index (χ1v) is 5.44. The number of H-pyrrole nitrogens is 1. The molecule has 0 aromatic carbocycles. The minimum atomic E-state index is -4.27. The summed E-state index contributed by atoms with van der Waals surface area (Å²) >= 11 is 0. The summed E-state index contributed by atoms with van der Waals surface area (Å²) in [5, 5.41) is 0. The quantitative estimate of drug-likeness (QED) is 0.646. The molecule has 1 aliphatic heterocycles. The number of rotatable bonds is 3. The number of alkyl halides is 3. The summed E-state index contributed by atoms with van der Waals surface area (Å²) < 4.78 is 38.4. The van der Waals surface area contributed by atoms with Crippen molar-refractivity contribution in [1.82, 2.24) is 15.8 Å². The summed E-state index contributed by atoms with van der Waals surface area (Å²) in [5.74, 6) is -0.587. The first kappa shape index (κ1) is 12.4. The zero-order chi connectivity index (χ0) is 12.5. The lowest BCUT2D eigenvalue weighted by molar-refractivity contribution is -0.162. The number of hydrogen-bond donors (Lipinski definition) is 4. The van der Waals surface area contributed by atoms with E-state index < -0.39 is 18.1 Å². The molecule has 7 heteroatoms. The van der Waals surface area contributed by atoms with Crippen molar-refractivity contribution >= 4 is 0 Å². The second-order valence-corrected chi connectivity index (χ2v) is 4.17. The number of hydrogen-bond acceptors (Lipinski definition) is 3. The minimum absolute atomic E-state index is 0.238. The van der Waals surface area contributed by atoms with Crippen molar-refractivity contribution < 1.29 is 13.2 Å². The van der Waals surface area contributed by atoms with Crippen molar-refractivity contribution in [2.24, 2.45) is 11.7 Å². The zero-order valence-corrected chi connectivity index (χ0v) is 9.09. The number of halogens is 3. The van der Waals surface area contributed by atoms with Crippen molar-refractivity contribution in [2.75, 3.05) is 6.54 Å². The Morgan fingerprint density at radius 1 is 1.29 bits per heavy atom. The predicted octanol–water partition coefficient (Wildman–Crippen LogP) is 1.06. The Morgan fingerprint density at radius 3 is 2.59 bits per heavy atom.